The van der Waals surface area contributed by atoms with Crippen LogP contribution in [0.4, 0.5) is 8.78 Å². The van der Waals surface area contributed by atoms with Crippen LogP contribution < -0.4 is 0 Å². The van der Waals surface area contributed by atoms with Gasteiger partial charge in [-0.1, -0.05) is 49.8 Å². The van der Waals surface area contributed by atoms with Crippen molar-refractivity contribution in [3.05, 3.63) is 65.8 Å². The minimum Gasteiger partial charge on any atom is -0.203 e. The Bertz CT molecular complexity index is 750. The maximum Gasteiger partial charge on any atom is 0.166 e. The van der Waals surface area contributed by atoms with E-state index in [2.05, 4.69) is 31.7 Å². The predicted octanol–water partition coefficient (Wildman–Crippen LogP) is 8.82. The fraction of sp³-hybridized carbons (Fsp3) is 0.571. The molecule has 2 aliphatic carbocycles. The van der Waals surface area contributed by atoms with Gasteiger partial charge >= 0.3 is 0 Å². The van der Waals surface area contributed by atoms with E-state index in [1.807, 2.05) is 6.08 Å². The van der Waals surface area contributed by atoms with Crippen LogP contribution in [0.2, 0.25) is 0 Å². The van der Waals surface area contributed by atoms with E-state index >= 15 is 0 Å². The van der Waals surface area contributed by atoms with Gasteiger partial charge in [0.2, 0.25) is 0 Å². The summed E-state index contributed by atoms with van der Waals surface area (Å²) < 4.78 is 29.4. The Hall–Kier alpha value is -1.70. The van der Waals surface area contributed by atoms with Gasteiger partial charge in [-0.2, -0.15) is 0 Å². The summed E-state index contributed by atoms with van der Waals surface area (Å²) in [7, 11) is 0. The Balaban J connectivity index is 1.49. The van der Waals surface area contributed by atoms with Crippen molar-refractivity contribution in [1.82, 2.24) is 0 Å². The fourth-order valence-corrected chi connectivity index (χ4v) is 5.08. The Morgan fingerprint density at radius 2 is 1.80 bits per heavy atom. The number of allylic oxidation sites excluding steroid dienone is 5. The molecule has 1 fully saturated rings. The predicted molar refractivity (Wildman–Crippen MR) is 124 cm³/mol. The normalized spacial score (nSPS) is 24.8. The number of benzene rings is 1. The van der Waals surface area contributed by atoms with Gasteiger partial charge in [0.25, 0.3) is 0 Å². The first-order valence-electron chi connectivity index (χ1n) is 12.1. The van der Waals surface area contributed by atoms with E-state index in [0.29, 0.717) is 29.4 Å². The minimum atomic E-state index is -0.657. The third-order valence-electron chi connectivity index (χ3n) is 7.26. The molecule has 0 saturated heterocycles. The fourth-order valence-electron chi connectivity index (χ4n) is 5.08. The molecular weight excluding hydrogens is 374 g/mol. The van der Waals surface area contributed by atoms with Crippen molar-refractivity contribution in [3.63, 3.8) is 0 Å². The molecule has 0 amide bonds. The molecule has 1 saturated carbocycles. The van der Waals surface area contributed by atoms with Crippen molar-refractivity contribution in [2.75, 3.05) is 0 Å². The van der Waals surface area contributed by atoms with Crippen molar-refractivity contribution in [2.24, 2.45) is 17.8 Å². The largest absolute Gasteiger partial charge is 0.203 e. The van der Waals surface area contributed by atoms with Crippen LogP contribution in [0.3, 0.4) is 0 Å². The molecule has 0 nitrogen and oxygen atoms in total. The van der Waals surface area contributed by atoms with E-state index in [9.17, 15) is 8.78 Å². The summed E-state index contributed by atoms with van der Waals surface area (Å²) in [6.45, 7) is 6.01. The third kappa shape index (κ3) is 6.15. The Kier molecular flexibility index (Phi) is 8.90. The molecule has 3 rings (SSSR count). The number of hydrogen-bond acceptors (Lipinski definition) is 0. The molecule has 2 aliphatic rings. The summed E-state index contributed by atoms with van der Waals surface area (Å²) >= 11 is 0. The molecule has 164 valence electrons. The first-order valence-corrected chi connectivity index (χ1v) is 12.1. The number of halogens is 2. The summed E-state index contributed by atoms with van der Waals surface area (Å²) in [4.78, 5) is 0. The molecule has 0 spiro atoms. The maximum atomic E-state index is 14.7. The minimum absolute atomic E-state index is 0.467. The van der Waals surface area contributed by atoms with Crippen molar-refractivity contribution < 1.29 is 8.78 Å². The van der Waals surface area contributed by atoms with Crippen LogP contribution in [0.25, 0.3) is 5.57 Å². The van der Waals surface area contributed by atoms with Gasteiger partial charge in [0, 0.05) is 5.56 Å². The van der Waals surface area contributed by atoms with Gasteiger partial charge in [-0.25, -0.2) is 8.78 Å². The summed E-state index contributed by atoms with van der Waals surface area (Å²) in [5.41, 5.74) is 1.94. The van der Waals surface area contributed by atoms with Gasteiger partial charge < -0.3 is 0 Å². The third-order valence-corrected chi connectivity index (χ3v) is 7.26. The lowest BCUT2D eigenvalue weighted by atomic mass is 9.80. The van der Waals surface area contributed by atoms with E-state index in [1.165, 1.54) is 32.1 Å². The van der Waals surface area contributed by atoms with Gasteiger partial charge in [0.05, 0.1) is 0 Å². The molecule has 0 bridgehead atoms. The highest BCUT2D eigenvalue weighted by atomic mass is 19.2. The number of rotatable bonds is 9. The molecular formula is C28H38F2. The topological polar surface area (TPSA) is 0 Å². The lowest BCUT2D eigenvalue weighted by Gasteiger charge is -2.26. The van der Waals surface area contributed by atoms with Crippen LogP contribution in [0.1, 0.15) is 88.7 Å². The highest BCUT2D eigenvalue weighted by Gasteiger charge is 2.20. The lowest BCUT2D eigenvalue weighted by Crippen LogP contribution is -2.12. The summed E-state index contributed by atoms with van der Waals surface area (Å²) in [6.07, 6.45) is 21.5. The zero-order chi connectivity index (χ0) is 21.3. The van der Waals surface area contributed by atoms with Crippen LogP contribution >= 0.6 is 0 Å². The monoisotopic (exact) mass is 412 g/mol. The zero-order valence-electron chi connectivity index (χ0n) is 18.6. The highest BCUT2D eigenvalue weighted by molar-refractivity contribution is 5.67. The molecule has 0 heterocycles. The Labute approximate surface area is 182 Å². The molecule has 0 radical (unpaired) electrons. The van der Waals surface area contributed by atoms with Crippen LogP contribution in [0.15, 0.2) is 43.0 Å². The standard InChI is InChI=1S/C28H38F2/c1-3-5-8-22-11-13-23(14-12-22)9-6-7-10-25-19-20-26(28(30)27(25)29)24-17-15-21(4-2)16-18-24/h3,6,9,17,19-23H,1,4-5,7-8,10-16,18H2,2H3/b9-6+. The highest BCUT2D eigenvalue weighted by Crippen LogP contribution is 2.34. The van der Waals surface area contributed by atoms with E-state index < -0.39 is 11.6 Å². The number of hydrogen-bond donors (Lipinski definition) is 0. The van der Waals surface area contributed by atoms with Crippen LogP contribution in [0.5, 0.6) is 0 Å². The average molecular weight is 413 g/mol. The SMILES string of the molecule is C=CCCC1CCC(/C=C/CCc2ccc(C3=CCC(CC)CC3)c(F)c2F)CC1. The molecule has 1 aromatic carbocycles. The second-order valence-electron chi connectivity index (χ2n) is 9.29. The van der Waals surface area contributed by atoms with Crippen molar-refractivity contribution in [1.29, 1.82) is 0 Å². The molecule has 1 aromatic rings. The molecule has 1 atom stereocenters. The van der Waals surface area contributed by atoms with Gasteiger partial charge in [0.1, 0.15) is 0 Å². The quantitative estimate of drug-likeness (QED) is 0.355. The van der Waals surface area contributed by atoms with Crippen LogP contribution in [-0.4, -0.2) is 0 Å². The van der Waals surface area contributed by atoms with E-state index in [-0.39, 0.29) is 0 Å². The first kappa shape index (κ1) is 23.0. The van der Waals surface area contributed by atoms with E-state index in [0.717, 1.165) is 50.0 Å². The Morgan fingerprint density at radius 3 is 2.47 bits per heavy atom. The van der Waals surface area contributed by atoms with Crippen LogP contribution in [0, 0.1) is 29.4 Å². The van der Waals surface area contributed by atoms with Crippen molar-refractivity contribution in [2.45, 2.75) is 84.0 Å². The molecule has 0 N–H and O–H groups in total. The van der Waals surface area contributed by atoms with Crippen molar-refractivity contribution in [3.8, 4) is 0 Å². The summed E-state index contributed by atoms with van der Waals surface area (Å²) in [5.74, 6) is 0.891. The maximum absolute atomic E-state index is 14.7. The second-order valence-corrected chi connectivity index (χ2v) is 9.29. The average Bonchev–Trinajstić information content (AvgIpc) is 2.79. The van der Waals surface area contributed by atoms with Crippen LogP contribution in [-0.2, 0) is 6.42 Å². The van der Waals surface area contributed by atoms with E-state index in [4.69, 9.17) is 0 Å². The summed E-state index contributed by atoms with van der Waals surface area (Å²) in [5, 5.41) is 0. The van der Waals surface area contributed by atoms with Crippen molar-refractivity contribution >= 4 is 5.57 Å². The lowest BCUT2D eigenvalue weighted by molar-refractivity contribution is 0.297. The summed E-state index contributed by atoms with van der Waals surface area (Å²) in [6, 6.07) is 3.58. The number of aryl methyl sites for hydroxylation is 1. The smallest absolute Gasteiger partial charge is 0.166 e. The van der Waals surface area contributed by atoms with Gasteiger partial charge in [0.15, 0.2) is 11.6 Å². The first-order chi connectivity index (χ1) is 14.6. The Morgan fingerprint density at radius 1 is 1.00 bits per heavy atom. The zero-order valence-corrected chi connectivity index (χ0v) is 18.6. The van der Waals surface area contributed by atoms with E-state index in [1.54, 1.807) is 12.1 Å². The van der Waals surface area contributed by atoms with Gasteiger partial charge in [-0.3, -0.25) is 0 Å². The molecule has 1 unspecified atom stereocenters. The molecule has 0 aliphatic heterocycles. The molecule has 30 heavy (non-hydrogen) atoms. The second kappa shape index (κ2) is 11.6. The molecule has 0 aromatic heterocycles. The van der Waals surface area contributed by atoms with Gasteiger partial charge in [-0.15, -0.1) is 6.58 Å². The molecule has 2 heteroatoms. The van der Waals surface area contributed by atoms with Gasteiger partial charge in [-0.05, 0) is 99.5 Å².